The van der Waals surface area contributed by atoms with Crippen LogP contribution < -0.4 is 0 Å². The molecular formula is C23H26N4O4S. The Bertz CT molecular complexity index is 1340. The maximum Gasteiger partial charge on any atom is 0.270 e. The van der Waals surface area contributed by atoms with E-state index in [1.807, 2.05) is 19.1 Å². The number of fused-ring (bicyclic) bond motifs is 1. The van der Waals surface area contributed by atoms with Crippen LogP contribution in [0.4, 0.5) is 0 Å². The van der Waals surface area contributed by atoms with Crippen molar-refractivity contribution in [2.75, 3.05) is 26.2 Å². The Kier molecular flexibility index (Phi) is 5.64. The standard InChI is InChI=1S/C23H26N4O4S/c1-14-12-18-6-5-7-19(22(18)24-13-14)32(30,31)27-10-8-26(9-11-27)23(29)21-15(2)20(17(4)28)16(3)25-21/h5-7,12-13,25H,8-11H2,1-4H3. The lowest BCUT2D eigenvalue weighted by molar-refractivity contribution is 0.0692. The highest BCUT2D eigenvalue weighted by Crippen LogP contribution is 2.26. The number of nitrogens with one attached hydrogen (secondary N) is 1. The predicted molar refractivity (Wildman–Crippen MR) is 121 cm³/mol. The van der Waals surface area contributed by atoms with Gasteiger partial charge in [0.25, 0.3) is 5.91 Å². The van der Waals surface area contributed by atoms with Crippen LogP contribution in [0.15, 0.2) is 35.4 Å². The van der Waals surface area contributed by atoms with Crippen LogP contribution in [0.2, 0.25) is 0 Å². The van der Waals surface area contributed by atoms with E-state index in [0.29, 0.717) is 28.0 Å². The van der Waals surface area contributed by atoms with Gasteiger partial charge >= 0.3 is 0 Å². The first-order valence-corrected chi connectivity index (χ1v) is 11.9. The number of ketones is 1. The van der Waals surface area contributed by atoms with Crippen LogP contribution >= 0.6 is 0 Å². The van der Waals surface area contributed by atoms with Crippen molar-refractivity contribution < 1.29 is 18.0 Å². The number of para-hydroxylation sites is 1. The first-order valence-electron chi connectivity index (χ1n) is 10.5. The first kappa shape index (κ1) is 22.2. The van der Waals surface area contributed by atoms with Crippen LogP contribution in [-0.2, 0) is 10.0 Å². The van der Waals surface area contributed by atoms with Gasteiger partial charge in [0.1, 0.15) is 10.6 Å². The molecule has 1 amide bonds. The molecule has 1 fully saturated rings. The van der Waals surface area contributed by atoms with E-state index < -0.39 is 10.0 Å². The van der Waals surface area contributed by atoms with Gasteiger partial charge in [0, 0.05) is 49.0 Å². The Morgan fingerprint density at radius 2 is 1.75 bits per heavy atom. The smallest absolute Gasteiger partial charge is 0.270 e. The van der Waals surface area contributed by atoms with Crippen LogP contribution in [0.25, 0.3) is 10.9 Å². The molecule has 32 heavy (non-hydrogen) atoms. The van der Waals surface area contributed by atoms with Crippen molar-refractivity contribution in [1.29, 1.82) is 0 Å². The molecule has 2 aromatic heterocycles. The van der Waals surface area contributed by atoms with Gasteiger partial charge in [-0.25, -0.2) is 8.42 Å². The molecule has 0 bridgehead atoms. The van der Waals surface area contributed by atoms with Crippen LogP contribution in [-0.4, -0.2) is 65.5 Å². The zero-order valence-corrected chi connectivity index (χ0v) is 19.4. The average Bonchev–Trinajstić information content (AvgIpc) is 3.06. The van der Waals surface area contributed by atoms with Gasteiger partial charge in [0.15, 0.2) is 5.78 Å². The van der Waals surface area contributed by atoms with E-state index in [-0.39, 0.29) is 42.8 Å². The van der Waals surface area contributed by atoms with E-state index in [0.717, 1.165) is 10.9 Å². The Labute approximate surface area is 187 Å². The number of nitrogens with zero attached hydrogens (tertiary/aromatic N) is 3. The minimum absolute atomic E-state index is 0.0925. The lowest BCUT2D eigenvalue weighted by Gasteiger charge is -2.34. The first-order chi connectivity index (χ1) is 15.1. The molecule has 1 aliphatic rings. The van der Waals surface area contributed by atoms with Crippen LogP contribution in [0.1, 0.15) is 44.6 Å². The summed E-state index contributed by atoms with van der Waals surface area (Å²) in [6, 6.07) is 7.06. The Hall–Kier alpha value is -3.04. The third-order valence-corrected chi connectivity index (χ3v) is 7.89. The minimum atomic E-state index is -3.76. The third-order valence-electron chi connectivity index (χ3n) is 5.96. The monoisotopic (exact) mass is 454 g/mol. The van der Waals surface area contributed by atoms with Crippen molar-refractivity contribution in [3.05, 3.63) is 58.5 Å². The summed E-state index contributed by atoms with van der Waals surface area (Å²) < 4.78 is 28.1. The van der Waals surface area contributed by atoms with Gasteiger partial charge < -0.3 is 9.88 Å². The van der Waals surface area contributed by atoms with Crippen molar-refractivity contribution in [3.63, 3.8) is 0 Å². The topological polar surface area (TPSA) is 103 Å². The molecule has 8 nitrogen and oxygen atoms in total. The molecule has 0 saturated carbocycles. The molecule has 3 aromatic rings. The molecule has 0 unspecified atom stereocenters. The summed E-state index contributed by atoms with van der Waals surface area (Å²) in [5.74, 6) is -0.317. The predicted octanol–water partition coefficient (Wildman–Crippen LogP) is 2.84. The molecule has 0 aliphatic carbocycles. The molecule has 0 radical (unpaired) electrons. The van der Waals surface area contributed by atoms with E-state index in [1.54, 1.807) is 37.1 Å². The van der Waals surface area contributed by atoms with Crippen LogP contribution in [0.3, 0.4) is 0 Å². The highest BCUT2D eigenvalue weighted by atomic mass is 32.2. The number of H-pyrrole nitrogens is 1. The lowest BCUT2D eigenvalue weighted by Crippen LogP contribution is -2.50. The molecule has 1 N–H and O–H groups in total. The summed E-state index contributed by atoms with van der Waals surface area (Å²) in [4.78, 5) is 34.1. The van der Waals surface area contributed by atoms with Gasteiger partial charge in [-0.15, -0.1) is 0 Å². The number of aromatic amines is 1. The average molecular weight is 455 g/mol. The fraction of sp³-hybridized carbons (Fsp3) is 0.348. The number of aromatic nitrogens is 2. The molecule has 168 valence electrons. The number of benzene rings is 1. The lowest BCUT2D eigenvalue weighted by atomic mass is 10.1. The second-order valence-corrected chi connectivity index (χ2v) is 10.1. The SMILES string of the molecule is CC(=O)c1c(C)[nH]c(C(=O)N2CCN(S(=O)(=O)c3cccc4cc(C)cnc34)CC2)c1C. The van der Waals surface area contributed by atoms with Crippen molar-refractivity contribution in [3.8, 4) is 0 Å². The molecule has 1 saturated heterocycles. The second-order valence-electron chi connectivity index (χ2n) is 8.22. The van der Waals surface area contributed by atoms with Gasteiger partial charge in [-0.2, -0.15) is 4.31 Å². The molecule has 3 heterocycles. The van der Waals surface area contributed by atoms with Gasteiger partial charge in [-0.05, 0) is 51.0 Å². The fourth-order valence-electron chi connectivity index (χ4n) is 4.37. The number of hydrogen-bond acceptors (Lipinski definition) is 5. The number of pyridine rings is 1. The highest BCUT2D eigenvalue weighted by Gasteiger charge is 2.33. The Balaban J connectivity index is 1.55. The maximum atomic E-state index is 13.3. The summed E-state index contributed by atoms with van der Waals surface area (Å²) in [7, 11) is -3.76. The van der Waals surface area contributed by atoms with E-state index in [4.69, 9.17) is 0 Å². The van der Waals surface area contributed by atoms with Gasteiger partial charge in [0.05, 0.1) is 5.52 Å². The van der Waals surface area contributed by atoms with Crippen LogP contribution in [0, 0.1) is 20.8 Å². The number of rotatable bonds is 4. The summed E-state index contributed by atoms with van der Waals surface area (Å²) in [5, 5.41) is 0.777. The van der Waals surface area contributed by atoms with E-state index >= 15 is 0 Å². The number of carbonyl (C=O) groups excluding carboxylic acids is 2. The summed E-state index contributed by atoms with van der Waals surface area (Å²) in [6.45, 7) is 7.82. The molecule has 0 atom stereocenters. The second kappa shape index (κ2) is 8.14. The van der Waals surface area contributed by atoms with Crippen LogP contribution in [0.5, 0.6) is 0 Å². The number of hydrogen-bond donors (Lipinski definition) is 1. The Morgan fingerprint density at radius 1 is 1.06 bits per heavy atom. The summed E-state index contributed by atoms with van der Waals surface area (Å²) >= 11 is 0. The number of amides is 1. The molecule has 0 spiro atoms. The van der Waals surface area contributed by atoms with Crippen molar-refractivity contribution in [1.82, 2.24) is 19.2 Å². The molecular weight excluding hydrogens is 428 g/mol. The van der Waals surface area contributed by atoms with E-state index in [9.17, 15) is 18.0 Å². The zero-order valence-electron chi connectivity index (χ0n) is 18.6. The zero-order chi connectivity index (χ0) is 23.2. The number of Topliss-reactive ketones (excluding diaryl/α,β-unsaturated/α-hetero) is 1. The number of piperazine rings is 1. The minimum Gasteiger partial charge on any atom is -0.354 e. The largest absolute Gasteiger partial charge is 0.354 e. The normalized spacial score (nSPS) is 15.3. The number of carbonyl (C=O) groups is 2. The molecule has 1 aliphatic heterocycles. The third kappa shape index (κ3) is 3.71. The fourth-order valence-corrected chi connectivity index (χ4v) is 5.96. The Morgan fingerprint density at radius 3 is 2.38 bits per heavy atom. The molecule has 1 aromatic carbocycles. The molecule has 4 rings (SSSR count). The summed E-state index contributed by atoms with van der Waals surface area (Å²) in [6.07, 6.45) is 1.66. The van der Waals surface area contributed by atoms with Gasteiger partial charge in [-0.3, -0.25) is 14.6 Å². The van der Waals surface area contributed by atoms with Crippen molar-refractivity contribution in [2.24, 2.45) is 0 Å². The maximum absolute atomic E-state index is 13.3. The van der Waals surface area contributed by atoms with Gasteiger partial charge in [-0.1, -0.05) is 12.1 Å². The summed E-state index contributed by atoms with van der Waals surface area (Å²) in [5.41, 5.74) is 3.63. The highest BCUT2D eigenvalue weighted by molar-refractivity contribution is 7.89. The molecule has 9 heteroatoms. The quantitative estimate of drug-likeness (QED) is 0.611. The number of aryl methyl sites for hydroxylation is 2. The van der Waals surface area contributed by atoms with Crippen molar-refractivity contribution >= 4 is 32.6 Å². The number of sulfonamides is 1. The van der Waals surface area contributed by atoms with Gasteiger partial charge in [0.2, 0.25) is 10.0 Å². The van der Waals surface area contributed by atoms with Crippen molar-refractivity contribution in [2.45, 2.75) is 32.6 Å². The van der Waals surface area contributed by atoms with E-state index in [1.165, 1.54) is 11.2 Å². The van der Waals surface area contributed by atoms with E-state index in [2.05, 4.69) is 9.97 Å².